The van der Waals surface area contributed by atoms with Gasteiger partial charge in [0.05, 0.1) is 7.11 Å². The summed E-state index contributed by atoms with van der Waals surface area (Å²) in [5.41, 5.74) is 2.30. The molecule has 26 heavy (non-hydrogen) atoms. The largest absolute Gasteiger partial charge is 0.497 e. The Bertz CT molecular complexity index is 787. The van der Waals surface area contributed by atoms with Crippen LogP contribution < -0.4 is 20.7 Å². The zero-order valence-corrected chi connectivity index (χ0v) is 15.8. The van der Waals surface area contributed by atoms with Crippen LogP contribution in [0.15, 0.2) is 66.7 Å². The normalized spacial score (nSPS) is 10.2. The van der Waals surface area contributed by atoms with E-state index in [1.54, 1.807) is 7.11 Å². The third-order valence-electron chi connectivity index (χ3n) is 4.13. The van der Waals surface area contributed by atoms with Crippen molar-refractivity contribution in [2.75, 3.05) is 43.9 Å². The van der Waals surface area contributed by atoms with E-state index >= 15 is 0 Å². The smallest absolute Gasteiger partial charge is 0.119 e. The fraction of sp³-hybridized carbons (Fsp3) is 0.238. The van der Waals surface area contributed by atoms with Crippen LogP contribution in [0.3, 0.4) is 0 Å². The van der Waals surface area contributed by atoms with Gasteiger partial charge in [0.25, 0.3) is 0 Å². The van der Waals surface area contributed by atoms with Crippen LogP contribution in [-0.4, -0.2) is 33.3 Å². The van der Waals surface area contributed by atoms with Gasteiger partial charge in [0.15, 0.2) is 0 Å². The Balaban J connectivity index is 0.00000243. The molecule has 0 heterocycles. The molecule has 0 saturated carbocycles. The number of hydrogen-bond donors (Lipinski definition) is 3. The van der Waals surface area contributed by atoms with Crippen molar-refractivity contribution >= 4 is 34.6 Å². The average molecular weight is 372 g/mol. The lowest BCUT2D eigenvalue weighted by Crippen LogP contribution is -2.27. The third-order valence-corrected chi connectivity index (χ3v) is 4.13. The molecule has 3 N–H and O–H groups in total. The molecule has 0 aromatic heterocycles. The lowest BCUT2D eigenvalue weighted by atomic mass is 10.1. The standard InChI is InChI=1S/C21H25N3O.ClH/c1-25-19-11-9-18(10-12-19)23-15-13-22-14-16-24-21-8-4-6-17-5-2-3-7-20(17)21;/h2-12,22-24H,13-16H2,1H3;1H. The van der Waals surface area contributed by atoms with Crippen molar-refractivity contribution in [2.45, 2.75) is 0 Å². The van der Waals surface area contributed by atoms with Crippen LogP contribution in [0, 0.1) is 0 Å². The van der Waals surface area contributed by atoms with Crippen LogP contribution in [-0.2, 0) is 0 Å². The van der Waals surface area contributed by atoms with Gasteiger partial charge < -0.3 is 20.7 Å². The van der Waals surface area contributed by atoms with Crippen molar-refractivity contribution in [1.29, 1.82) is 0 Å². The first-order chi connectivity index (χ1) is 12.4. The zero-order valence-electron chi connectivity index (χ0n) is 15.0. The number of benzene rings is 3. The molecule has 3 aromatic carbocycles. The number of hydrogen-bond acceptors (Lipinski definition) is 4. The first-order valence-electron chi connectivity index (χ1n) is 8.67. The van der Waals surface area contributed by atoms with Crippen molar-refractivity contribution in [1.82, 2.24) is 5.32 Å². The molecular weight excluding hydrogens is 346 g/mol. The first-order valence-corrected chi connectivity index (χ1v) is 8.67. The Kier molecular flexibility index (Phi) is 8.06. The van der Waals surface area contributed by atoms with Crippen molar-refractivity contribution in [3.05, 3.63) is 66.7 Å². The van der Waals surface area contributed by atoms with Gasteiger partial charge >= 0.3 is 0 Å². The summed E-state index contributed by atoms with van der Waals surface area (Å²) >= 11 is 0. The molecule has 0 bridgehead atoms. The number of anilines is 2. The number of nitrogens with one attached hydrogen (secondary N) is 3. The van der Waals surface area contributed by atoms with Crippen LogP contribution in [0.25, 0.3) is 10.8 Å². The molecule has 0 aliphatic carbocycles. The Morgan fingerprint density at radius 1 is 0.731 bits per heavy atom. The van der Waals surface area contributed by atoms with Crippen LogP contribution in [0.1, 0.15) is 0 Å². The highest BCUT2D eigenvalue weighted by molar-refractivity contribution is 5.93. The molecule has 0 unspecified atom stereocenters. The van der Waals surface area contributed by atoms with Crippen LogP contribution >= 0.6 is 12.4 Å². The Morgan fingerprint density at radius 3 is 2.19 bits per heavy atom. The molecule has 0 spiro atoms. The van der Waals surface area contributed by atoms with Crippen LogP contribution in [0.5, 0.6) is 5.75 Å². The van der Waals surface area contributed by atoms with Crippen LogP contribution in [0.2, 0.25) is 0 Å². The van der Waals surface area contributed by atoms with Crippen molar-refractivity contribution in [2.24, 2.45) is 0 Å². The molecule has 0 radical (unpaired) electrons. The zero-order chi connectivity index (χ0) is 17.3. The lowest BCUT2D eigenvalue weighted by molar-refractivity contribution is 0.415. The molecule has 4 nitrogen and oxygen atoms in total. The molecule has 0 saturated heterocycles. The van der Waals surface area contributed by atoms with E-state index in [1.807, 2.05) is 24.3 Å². The molecule has 0 atom stereocenters. The van der Waals surface area contributed by atoms with Crippen molar-refractivity contribution < 1.29 is 4.74 Å². The number of halogens is 1. The Hall–Kier alpha value is -2.43. The van der Waals surface area contributed by atoms with E-state index in [4.69, 9.17) is 4.74 Å². The minimum absolute atomic E-state index is 0. The summed E-state index contributed by atoms with van der Waals surface area (Å²) in [5.74, 6) is 0.878. The van der Waals surface area contributed by atoms with Gasteiger partial charge in [-0.05, 0) is 35.7 Å². The maximum absolute atomic E-state index is 5.16. The summed E-state index contributed by atoms with van der Waals surface area (Å²) in [6.45, 7) is 3.63. The predicted molar refractivity (Wildman–Crippen MR) is 114 cm³/mol. The SMILES string of the molecule is COc1ccc(NCCNCCNc2cccc3ccccc23)cc1.Cl. The molecule has 0 aliphatic heterocycles. The highest BCUT2D eigenvalue weighted by atomic mass is 35.5. The van der Waals surface area contributed by atoms with Gasteiger partial charge in [0, 0.05) is 42.9 Å². The highest BCUT2D eigenvalue weighted by Crippen LogP contribution is 2.22. The first kappa shape index (κ1) is 19.9. The molecule has 0 aliphatic rings. The summed E-state index contributed by atoms with van der Waals surface area (Å²) in [6.07, 6.45) is 0. The maximum atomic E-state index is 5.16. The number of methoxy groups -OCH3 is 1. The Labute approximate surface area is 161 Å². The van der Waals surface area contributed by atoms with E-state index in [9.17, 15) is 0 Å². The van der Waals surface area contributed by atoms with E-state index in [1.165, 1.54) is 16.5 Å². The summed E-state index contributed by atoms with van der Waals surface area (Å²) in [4.78, 5) is 0. The maximum Gasteiger partial charge on any atom is 0.119 e. The monoisotopic (exact) mass is 371 g/mol. The Morgan fingerprint density at radius 2 is 1.42 bits per heavy atom. The predicted octanol–water partition coefficient (Wildman–Crippen LogP) is 4.38. The highest BCUT2D eigenvalue weighted by Gasteiger charge is 1.99. The van der Waals surface area contributed by atoms with Crippen molar-refractivity contribution in [3.8, 4) is 5.75 Å². The summed E-state index contributed by atoms with van der Waals surface area (Å²) < 4.78 is 5.16. The number of rotatable bonds is 9. The lowest BCUT2D eigenvalue weighted by Gasteiger charge is -2.11. The van der Waals surface area contributed by atoms with Crippen LogP contribution in [0.4, 0.5) is 11.4 Å². The van der Waals surface area contributed by atoms with Gasteiger partial charge in [0.1, 0.15) is 5.75 Å². The molecule has 0 amide bonds. The van der Waals surface area contributed by atoms with E-state index < -0.39 is 0 Å². The minimum atomic E-state index is 0. The molecule has 3 aromatic rings. The molecule has 5 heteroatoms. The topological polar surface area (TPSA) is 45.3 Å². The average Bonchev–Trinajstić information content (AvgIpc) is 2.68. The molecular formula is C21H26ClN3O. The molecule has 138 valence electrons. The number of fused-ring (bicyclic) bond motifs is 1. The van der Waals surface area contributed by atoms with Crippen molar-refractivity contribution in [3.63, 3.8) is 0 Å². The third kappa shape index (κ3) is 5.55. The van der Waals surface area contributed by atoms with Gasteiger partial charge in [-0.15, -0.1) is 12.4 Å². The summed E-state index contributed by atoms with van der Waals surface area (Å²) in [5, 5.41) is 12.9. The summed E-state index contributed by atoms with van der Waals surface area (Å²) in [6, 6.07) is 22.8. The second kappa shape index (κ2) is 10.5. The van der Waals surface area contributed by atoms with Gasteiger partial charge in [0.2, 0.25) is 0 Å². The van der Waals surface area contributed by atoms with Gasteiger partial charge in [-0.2, -0.15) is 0 Å². The second-order valence-corrected chi connectivity index (χ2v) is 5.86. The van der Waals surface area contributed by atoms with Gasteiger partial charge in [-0.3, -0.25) is 0 Å². The molecule has 0 fully saturated rings. The van der Waals surface area contributed by atoms with E-state index in [0.717, 1.165) is 37.6 Å². The van der Waals surface area contributed by atoms with Gasteiger partial charge in [-0.25, -0.2) is 0 Å². The van der Waals surface area contributed by atoms with Gasteiger partial charge in [-0.1, -0.05) is 36.4 Å². The van der Waals surface area contributed by atoms with E-state index in [2.05, 4.69) is 58.4 Å². The quantitative estimate of drug-likeness (QED) is 0.488. The van der Waals surface area contributed by atoms with E-state index in [-0.39, 0.29) is 12.4 Å². The minimum Gasteiger partial charge on any atom is -0.497 e. The summed E-state index contributed by atoms with van der Waals surface area (Å²) in [7, 11) is 1.68. The fourth-order valence-electron chi connectivity index (χ4n) is 2.79. The fourth-order valence-corrected chi connectivity index (χ4v) is 2.79. The molecule has 3 rings (SSSR count). The second-order valence-electron chi connectivity index (χ2n) is 5.86. The number of ether oxygens (including phenoxy) is 1. The van der Waals surface area contributed by atoms with E-state index in [0.29, 0.717) is 0 Å².